The average Bonchev–Trinajstić information content (AvgIpc) is 3.44. The molecule has 3 heterocycles. The summed E-state index contributed by atoms with van der Waals surface area (Å²) in [6.07, 6.45) is 7.11. The molecule has 4 aliphatic carbocycles. The van der Waals surface area contributed by atoms with Crippen LogP contribution in [0.25, 0.3) is 11.2 Å². The van der Waals surface area contributed by atoms with E-state index in [-0.39, 0.29) is 52.3 Å². The van der Waals surface area contributed by atoms with Gasteiger partial charge in [-0.2, -0.15) is 0 Å². The van der Waals surface area contributed by atoms with Crippen molar-refractivity contribution in [2.75, 3.05) is 39.0 Å². The van der Waals surface area contributed by atoms with Crippen LogP contribution in [-0.2, 0) is 28.2 Å². The fraction of sp³-hybridized carbons (Fsp3) is 0.455. The Balaban J connectivity index is 1.02. The summed E-state index contributed by atoms with van der Waals surface area (Å²) >= 11 is 6.45. The van der Waals surface area contributed by atoms with Crippen LogP contribution in [0.1, 0.15) is 43.2 Å². The molecule has 248 valence electrons. The minimum absolute atomic E-state index is 0.0949. The first-order chi connectivity index (χ1) is 22.6. The van der Waals surface area contributed by atoms with Gasteiger partial charge in [-0.25, -0.2) is 19.3 Å². The van der Waals surface area contributed by atoms with Gasteiger partial charge in [-0.15, -0.1) is 0 Å². The molecule has 0 unspecified atom stereocenters. The number of halogens is 1. The molecular formula is C33H38ClN7O6. The van der Waals surface area contributed by atoms with E-state index in [2.05, 4.69) is 15.3 Å². The number of nitrogens with two attached hydrogens (primary N) is 1. The van der Waals surface area contributed by atoms with Gasteiger partial charge in [0, 0.05) is 63.9 Å². The Morgan fingerprint density at radius 1 is 1.15 bits per heavy atom. The summed E-state index contributed by atoms with van der Waals surface area (Å²) in [5, 5.41) is 3.30. The lowest BCUT2D eigenvalue weighted by molar-refractivity contribution is -0.262. The first-order valence-corrected chi connectivity index (χ1v) is 15.9. The topological polar surface area (TPSA) is 148 Å². The van der Waals surface area contributed by atoms with Gasteiger partial charge in [0.15, 0.2) is 5.65 Å². The molecule has 4 aromatic rings. The maximum absolute atomic E-state index is 13.5. The van der Waals surface area contributed by atoms with Crippen LogP contribution in [0.3, 0.4) is 0 Å². The molecular weight excluding hydrogens is 626 g/mol. The van der Waals surface area contributed by atoms with E-state index in [9.17, 15) is 9.59 Å². The van der Waals surface area contributed by atoms with Crippen LogP contribution in [0.2, 0.25) is 5.15 Å². The molecule has 1 amide bonds. The Kier molecular flexibility index (Phi) is 7.80. The number of benzene rings is 1. The lowest BCUT2D eigenvalue weighted by Crippen LogP contribution is -2.74. The van der Waals surface area contributed by atoms with E-state index >= 15 is 0 Å². The molecule has 0 aliphatic heterocycles. The van der Waals surface area contributed by atoms with Gasteiger partial charge in [-0.3, -0.25) is 4.79 Å². The van der Waals surface area contributed by atoms with Crippen LogP contribution in [-0.4, -0.2) is 71.3 Å². The van der Waals surface area contributed by atoms with Crippen LogP contribution < -0.4 is 31.0 Å². The average molecular weight is 664 g/mol. The van der Waals surface area contributed by atoms with Crippen molar-refractivity contribution in [2.24, 2.45) is 0 Å². The Morgan fingerprint density at radius 3 is 2.62 bits per heavy atom. The molecule has 2 atom stereocenters. The highest BCUT2D eigenvalue weighted by Crippen LogP contribution is 2.66. The normalized spacial score (nSPS) is 24.2. The monoisotopic (exact) mass is 663 g/mol. The summed E-state index contributed by atoms with van der Waals surface area (Å²) in [5.74, 6) is 1.39. The number of fused-ring (bicyclic) bond motifs is 1. The first-order valence-electron chi connectivity index (χ1n) is 15.5. The molecule has 1 aromatic carbocycles. The number of hydrogen-bond donors (Lipinski definition) is 2. The summed E-state index contributed by atoms with van der Waals surface area (Å²) in [7, 11) is 6.85. The van der Waals surface area contributed by atoms with Crippen molar-refractivity contribution in [3.63, 3.8) is 0 Å². The number of hydrogen-bond acceptors (Lipinski definition) is 10. The summed E-state index contributed by atoms with van der Waals surface area (Å²) in [6.45, 7) is 0.758. The zero-order chi connectivity index (χ0) is 33.1. The number of amides is 1. The van der Waals surface area contributed by atoms with Gasteiger partial charge < -0.3 is 39.5 Å². The molecule has 4 fully saturated rings. The SMILES string of the molecule is COc1ccc(CN(C)c2cc(Cl)nc3c2ncn3C(=O)N[C@@H]2CC[C@H]2OCc2cc(N)c(=O)n(C34CC(OC)(C3)C4)c2)c(OC)c1. The van der Waals surface area contributed by atoms with Gasteiger partial charge in [0.2, 0.25) is 0 Å². The summed E-state index contributed by atoms with van der Waals surface area (Å²) < 4.78 is 25.8. The minimum Gasteiger partial charge on any atom is -0.497 e. The highest BCUT2D eigenvalue weighted by molar-refractivity contribution is 6.30. The molecule has 0 saturated heterocycles. The number of ether oxygens (including phenoxy) is 4. The maximum atomic E-state index is 13.5. The minimum atomic E-state index is -0.375. The van der Waals surface area contributed by atoms with Crippen LogP contribution in [0, 0.1) is 0 Å². The number of rotatable bonds is 11. The van der Waals surface area contributed by atoms with E-state index in [0.29, 0.717) is 34.9 Å². The van der Waals surface area contributed by atoms with Crippen molar-refractivity contribution in [1.82, 2.24) is 24.4 Å². The number of imidazole rings is 1. The highest BCUT2D eigenvalue weighted by atomic mass is 35.5. The maximum Gasteiger partial charge on any atom is 0.328 e. The van der Waals surface area contributed by atoms with Crippen LogP contribution in [0.5, 0.6) is 11.5 Å². The Hall–Kier alpha value is -4.33. The Bertz CT molecular complexity index is 1910. The quantitative estimate of drug-likeness (QED) is 0.225. The van der Waals surface area contributed by atoms with Gasteiger partial charge in [-0.05, 0) is 36.6 Å². The van der Waals surface area contributed by atoms with Gasteiger partial charge in [0.1, 0.15) is 28.5 Å². The molecule has 0 spiro atoms. The van der Waals surface area contributed by atoms with E-state index in [1.807, 2.05) is 36.3 Å². The molecule has 4 aliphatic rings. The Labute approximate surface area is 276 Å². The van der Waals surface area contributed by atoms with E-state index in [0.717, 1.165) is 43.2 Å². The van der Waals surface area contributed by atoms with Crippen molar-refractivity contribution < 1.29 is 23.7 Å². The zero-order valence-corrected chi connectivity index (χ0v) is 27.5. The number of nitrogens with one attached hydrogen (secondary N) is 1. The van der Waals surface area contributed by atoms with Crippen LogP contribution >= 0.6 is 11.6 Å². The fourth-order valence-corrected chi connectivity index (χ4v) is 7.37. The highest BCUT2D eigenvalue weighted by Gasteiger charge is 2.70. The number of nitrogen functional groups attached to an aromatic ring is 1. The summed E-state index contributed by atoms with van der Waals surface area (Å²) in [4.78, 5) is 37.3. The van der Waals surface area contributed by atoms with E-state index in [1.165, 1.54) is 10.9 Å². The molecule has 0 radical (unpaired) electrons. The van der Waals surface area contributed by atoms with Gasteiger partial charge in [-0.1, -0.05) is 11.6 Å². The number of nitrogens with zero attached hydrogens (tertiary/aromatic N) is 5. The third kappa shape index (κ3) is 5.35. The second kappa shape index (κ2) is 11.7. The third-order valence-electron chi connectivity index (χ3n) is 9.97. The van der Waals surface area contributed by atoms with Crippen molar-refractivity contribution in [3.05, 3.63) is 69.5 Å². The number of carbonyl (C=O) groups excluding carboxylic acids is 1. The number of aromatic nitrogens is 4. The van der Waals surface area contributed by atoms with E-state index < -0.39 is 0 Å². The smallest absolute Gasteiger partial charge is 0.328 e. The molecule has 47 heavy (non-hydrogen) atoms. The van der Waals surface area contributed by atoms with Crippen LogP contribution in [0.4, 0.5) is 16.2 Å². The fourth-order valence-electron chi connectivity index (χ4n) is 7.18. The lowest BCUT2D eigenvalue weighted by Gasteiger charge is -2.69. The third-order valence-corrected chi connectivity index (χ3v) is 10.2. The summed E-state index contributed by atoms with van der Waals surface area (Å²) in [5.41, 5.74) is 9.17. The molecule has 14 heteroatoms. The molecule has 3 N–H and O–H groups in total. The standard InChI is InChI=1S/C33H38ClN7O6/c1-39(13-20-5-6-21(44-2)10-26(20)45-3)24-11-27(34)38-29-28(24)36-18-40(29)31(43)37-23-7-8-25(23)47-14-19-9-22(35)30(42)41(12-19)32-15-33(16-32,17-32)46-4/h5-6,9-12,18,23,25H,7-8,13-17,35H2,1-4H3,(H,37,43)/t23-,25-,32?,33?/m1/s1. The van der Waals surface area contributed by atoms with E-state index in [1.54, 1.807) is 38.0 Å². The number of anilines is 2. The largest absolute Gasteiger partial charge is 0.497 e. The second-order valence-electron chi connectivity index (χ2n) is 12.9. The van der Waals surface area contributed by atoms with Crippen LogP contribution in [0.15, 0.2) is 47.7 Å². The predicted octanol–water partition coefficient (Wildman–Crippen LogP) is 4.07. The Morgan fingerprint density at radius 2 is 1.94 bits per heavy atom. The van der Waals surface area contributed by atoms with Gasteiger partial charge >= 0.3 is 6.03 Å². The molecule has 3 aromatic heterocycles. The van der Waals surface area contributed by atoms with Crippen molar-refractivity contribution >= 4 is 40.2 Å². The number of methoxy groups -OCH3 is 3. The first kappa shape index (κ1) is 31.3. The molecule has 4 saturated carbocycles. The number of carbonyl (C=O) groups is 1. The van der Waals surface area contributed by atoms with Crippen molar-refractivity contribution in [1.29, 1.82) is 0 Å². The van der Waals surface area contributed by atoms with E-state index in [4.69, 9.17) is 36.3 Å². The summed E-state index contributed by atoms with van der Waals surface area (Å²) in [6, 6.07) is 8.47. The lowest BCUT2D eigenvalue weighted by atomic mass is 9.46. The molecule has 13 nitrogen and oxygen atoms in total. The second-order valence-corrected chi connectivity index (χ2v) is 13.3. The molecule has 2 bridgehead atoms. The zero-order valence-electron chi connectivity index (χ0n) is 26.8. The van der Waals surface area contributed by atoms with Crippen molar-refractivity contribution in [3.8, 4) is 11.5 Å². The van der Waals surface area contributed by atoms with Crippen molar-refractivity contribution in [2.45, 2.75) is 68.5 Å². The molecule has 8 rings (SSSR count). The number of pyridine rings is 2. The predicted molar refractivity (Wildman–Crippen MR) is 176 cm³/mol. The van der Waals surface area contributed by atoms with Gasteiger partial charge in [0.25, 0.3) is 5.56 Å². The van der Waals surface area contributed by atoms with Gasteiger partial charge in [0.05, 0.1) is 55.5 Å².